The topological polar surface area (TPSA) is 91.8 Å². The number of carbonyl (C=O) groups excluding carboxylic acids is 1. The van der Waals surface area contributed by atoms with Crippen LogP contribution in [0.4, 0.5) is 0 Å². The highest BCUT2D eigenvalue weighted by Gasteiger charge is 2.23. The number of aromatic nitrogens is 3. The molecule has 0 aliphatic carbocycles. The molecule has 7 heteroatoms. The molecule has 1 aliphatic rings. The van der Waals surface area contributed by atoms with E-state index in [1.165, 1.54) is 0 Å². The van der Waals surface area contributed by atoms with Gasteiger partial charge in [-0.05, 0) is 51.3 Å². The molecule has 1 aliphatic heterocycles. The van der Waals surface area contributed by atoms with E-state index >= 15 is 0 Å². The molecule has 3 N–H and O–H groups in total. The molecule has 3 rings (SSSR count). The number of hydrogen-bond donors (Lipinski definition) is 3. The van der Waals surface area contributed by atoms with Gasteiger partial charge in [0.2, 0.25) is 5.91 Å². The highest BCUT2D eigenvalue weighted by molar-refractivity contribution is 5.84. The van der Waals surface area contributed by atoms with Crippen molar-refractivity contribution in [1.29, 1.82) is 0 Å². The predicted molar refractivity (Wildman–Crippen MR) is 93.1 cm³/mol. The van der Waals surface area contributed by atoms with E-state index in [-0.39, 0.29) is 30.0 Å². The Bertz CT molecular complexity index is 836. The maximum Gasteiger partial charge on any atom is 0.273 e. The highest BCUT2D eigenvalue weighted by atomic mass is 16.1. The molecule has 0 spiro atoms. The Hall–Kier alpha value is -2.15. The number of aromatic amines is 1. The van der Waals surface area contributed by atoms with Crippen molar-refractivity contribution in [1.82, 2.24) is 25.4 Å². The van der Waals surface area contributed by atoms with E-state index in [1.54, 1.807) is 11.7 Å². The maximum atomic E-state index is 12.5. The van der Waals surface area contributed by atoms with Crippen LogP contribution in [0.15, 0.2) is 4.79 Å². The molecule has 0 radical (unpaired) electrons. The summed E-state index contributed by atoms with van der Waals surface area (Å²) < 4.78 is 1.62. The smallest absolute Gasteiger partial charge is 0.273 e. The molecule has 3 heterocycles. The summed E-state index contributed by atoms with van der Waals surface area (Å²) in [5.74, 6) is -0.0183. The van der Waals surface area contributed by atoms with Gasteiger partial charge in [0.25, 0.3) is 5.56 Å². The molecule has 24 heavy (non-hydrogen) atoms. The number of hydrogen-bond acceptors (Lipinski definition) is 4. The van der Waals surface area contributed by atoms with Gasteiger partial charge in [0.15, 0.2) is 5.65 Å². The van der Waals surface area contributed by atoms with Crippen LogP contribution in [0.25, 0.3) is 11.0 Å². The van der Waals surface area contributed by atoms with Crippen LogP contribution in [-0.2, 0) is 18.3 Å². The number of carbonyl (C=O) groups is 1. The lowest BCUT2D eigenvalue weighted by atomic mass is 9.98. The summed E-state index contributed by atoms with van der Waals surface area (Å²) in [6, 6.07) is 0.436. The van der Waals surface area contributed by atoms with Crippen molar-refractivity contribution in [2.45, 2.75) is 52.1 Å². The minimum atomic E-state index is -0.163. The number of fused-ring (bicyclic) bond motifs is 1. The Kier molecular flexibility index (Phi) is 4.45. The fraction of sp³-hybridized carbons (Fsp3) is 0.588. The second-order valence-corrected chi connectivity index (χ2v) is 6.74. The van der Waals surface area contributed by atoms with E-state index in [0.717, 1.165) is 36.2 Å². The molecule has 1 saturated heterocycles. The van der Waals surface area contributed by atoms with Gasteiger partial charge in [-0.2, -0.15) is 0 Å². The summed E-state index contributed by atoms with van der Waals surface area (Å²) in [6.07, 6.45) is 2.31. The van der Waals surface area contributed by atoms with Crippen LogP contribution in [0.2, 0.25) is 0 Å². The molecule has 7 nitrogen and oxygen atoms in total. The van der Waals surface area contributed by atoms with Crippen LogP contribution in [0.1, 0.15) is 36.6 Å². The third-order valence-electron chi connectivity index (χ3n) is 5.02. The standard InChI is InChI=1S/C17H25N5O2/c1-9-12(8-14(23)20-13-6-5-7-18-11(13)3)10(2)19-16-15(9)17(24)21-22(16)4/h11,13,18H,5-8H2,1-4H3,(H,20,23)(H,21,24). The summed E-state index contributed by atoms with van der Waals surface area (Å²) in [5.41, 5.74) is 2.94. The second kappa shape index (κ2) is 6.39. The molecule has 1 fully saturated rings. The molecule has 2 unspecified atom stereocenters. The fourth-order valence-corrected chi connectivity index (χ4v) is 3.57. The number of H-pyrrole nitrogens is 1. The van der Waals surface area contributed by atoms with Crippen molar-refractivity contribution in [3.63, 3.8) is 0 Å². The van der Waals surface area contributed by atoms with Crippen molar-refractivity contribution in [3.8, 4) is 0 Å². The number of nitrogens with zero attached hydrogens (tertiary/aromatic N) is 2. The Morgan fingerprint density at radius 2 is 2.17 bits per heavy atom. The van der Waals surface area contributed by atoms with Gasteiger partial charge in [-0.25, -0.2) is 4.98 Å². The minimum Gasteiger partial charge on any atom is -0.352 e. The summed E-state index contributed by atoms with van der Waals surface area (Å²) in [7, 11) is 1.76. The van der Waals surface area contributed by atoms with Gasteiger partial charge in [0, 0.05) is 24.8 Å². The molecule has 0 aromatic carbocycles. The van der Waals surface area contributed by atoms with Gasteiger partial charge in [-0.15, -0.1) is 0 Å². The first kappa shape index (κ1) is 16.7. The Balaban J connectivity index is 1.85. The number of aryl methyl sites for hydroxylation is 3. The Morgan fingerprint density at radius 3 is 2.88 bits per heavy atom. The summed E-state index contributed by atoms with van der Waals surface area (Å²) >= 11 is 0. The number of rotatable bonds is 3. The van der Waals surface area contributed by atoms with E-state index in [2.05, 4.69) is 27.6 Å². The SMILES string of the molecule is Cc1nc2c(c(C)c1CC(=O)NC1CCCNC1C)c(=O)[nH]n2C. The van der Waals surface area contributed by atoms with Gasteiger partial charge in [-0.1, -0.05) is 0 Å². The molecule has 130 valence electrons. The van der Waals surface area contributed by atoms with E-state index in [0.29, 0.717) is 11.0 Å². The Labute approximate surface area is 140 Å². The predicted octanol–water partition coefficient (Wildman–Crippen LogP) is 0.678. The average molecular weight is 331 g/mol. The molecule has 2 aromatic heterocycles. The van der Waals surface area contributed by atoms with Gasteiger partial charge >= 0.3 is 0 Å². The number of piperidine rings is 1. The Morgan fingerprint density at radius 1 is 1.42 bits per heavy atom. The lowest BCUT2D eigenvalue weighted by Gasteiger charge is -2.30. The molecular weight excluding hydrogens is 306 g/mol. The fourth-order valence-electron chi connectivity index (χ4n) is 3.57. The first-order chi connectivity index (χ1) is 11.4. The zero-order chi connectivity index (χ0) is 17.4. The van der Waals surface area contributed by atoms with Gasteiger partial charge in [0.05, 0.1) is 11.8 Å². The maximum absolute atomic E-state index is 12.5. The quantitative estimate of drug-likeness (QED) is 0.771. The van der Waals surface area contributed by atoms with E-state index < -0.39 is 0 Å². The van der Waals surface area contributed by atoms with Crippen molar-refractivity contribution in [2.75, 3.05) is 6.54 Å². The van der Waals surface area contributed by atoms with Crippen molar-refractivity contribution >= 4 is 16.9 Å². The average Bonchev–Trinajstić information content (AvgIpc) is 2.80. The number of nitrogens with one attached hydrogen (secondary N) is 3. The minimum absolute atomic E-state index is 0.0183. The van der Waals surface area contributed by atoms with Crippen LogP contribution in [0.3, 0.4) is 0 Å². The summed E-state index contributed by atoms with van der Waals surface area (Å²) in [6.45, 7) is 6.87. The second-order valence-electron chi connectivity index (χ2n) is 6.74. The zero-order valence-corrected chi connectivity index (χ0v) is 14.7. The van der Waals surface area contributed by atoms with Crippen molar-refractivity contribution in [3.05, 3.63) is 27.2 Å². The third kappa shape index (κ3) is 2.96. The molecule has 0 saturated carbocycles. The first-order valence-corrected chi connectivity index (χ1v) is 8.46. The van der Waals surface area contributed by atoms with Gasteiger partial charge in [-0.3, -0.25) is 19.4 Å². The van der Waals surface area contributed by atoms with Crippen molar-refractivity contribution < 1.29 is 4.79 Å². The molecular formula is C17H25N5O2. The monoisotopic (exact) mass is 331 g/mol. The molecule has 2 atom stereocenters. The lowest BCUT2D eigenvalue weighted by Crippen LogP contribution is -2.52. The van der Waals surface area contributed by atoms with Crippen LogP contribution in [0.5, 0.6) is 0 Å². The molecule has 2 aromatic rings. The highest BCUT2D eigenvalue weighted by Crippen LogP contribution is 2.20. The molecule has 1 amide bonds. The van der Waals surface area contributed by atoms with E-state index in [4.69, 9.17) is 0 Å². The van der Waals surface area contributed by atoms with Crippen LogP contribution in [0, 0.1) is 13.8 Å². The van der Waals surface area contributed by atoms with E-state index in [1.807, 2.05) is 13.8 Å². The van der Waals surface area contributed by atoms with Crippen LogP contribution < -0.4 is 16.2 Å². The number of pyridine rings is 1. The summed E-state index contributed by atoms with van der Waals surface area (Å²) in [5, 5.41) is 9.80. The van der Waals surface area contributed by atoms with Gasteiger partial charge in [0.1, 0.15) is 0 Å². The van der Waals surface area contributed by atoms with Crippen LogP contribution >= 0.6 is 0 Å². The summed E-state index contributed by atoms with van der Waals surface area (Å²) in [4.78, 5) is 29.1. The van der Waals surface area contributed by atoms with Gasteiger partial charge < -0.3 is 10.6 Å². The zero-order valence-electron chi connectivity index (χ0n) is 14.7. The molecule has 0 bridgehead atoms. The number of amides is 1. The normalized spacial score (nSPS) is 21.2. The van der Waals surface area contributed by atoms with E-state index in [9.17, 15) is 9.59 Å². The third-order valence-corrected chi connectivity index (χ3v) is 5.02. The largest absolute Gasteiger partial charge is 0.352 e. The lowest BCUT2D eigenvalue weighted by molar-refractivity contribution is -0.121. The van der Waals surface area contributed by atoms with Crippen molar-refractivity contribution in [2.24, 2.45) is 7.05 Å². The van der Waals surface area contributed by atoms with Crippen LogP contribution in [-0.4, -0.2) is 39.3 Å². The first-order valence-electron chi connectivity index (χ1n) is 8.46.